The summed E-state index contributed by atoms with van der Waals surface area (Å²) in [5.74, 6) is 0. The number of allylic oxidation sites excluding steroid dienone is 9. The van der Waals surface area contributed by atoms with E-state index in [1.165, 1.54) is 36.0 Å². The Balaban J connectivity index is 2.60. The Morgan fingerprint density at radius 3 is 2.58 bits per heavy atom. The first-order valence-electron chi connectivity index (χ1n) is 10.3. The second kappa shape index (κ2) is 11.4. The van der Waals surface area contributed by atoms with Gasteiger partial charge in [-0.1, -0.05) is 86.8 Å². The summed E-state index contributed by atoms with van der Waals surface area (Å²) in [6.45, 7) is 13.4. The van der Waals surface area contributed by atoms with Gasteiger partial charge in [0.15, 0.2) is 0 Å². The Bertz CT molecular complexity index is 581. The summed E-state index contributed by atoms with van der Waals surface area (Å²) in [5, 5.41) is 9.91. The molecule has 0 spiro atoms. The van der Waals surface area contributed by atoms with Crippen LogP contribution >= 0.6 is 0 Å². The lowest BCUT2D eigenvalue weighted by Gasteiger charge is -2.32. The second-order valence-corrected chi connectivity index (χ2v) is 8.51. The molecule has 0 radical (unpaired) electrons. The van der Waals surface area contributed by atoms with E-state index in [4.69, 9.17) is 0 Å². The highest BCUT2D eigenvalue weighted by Crippen LogP contribution is 2.40. The lowest BCUT2D eigenvalue weighted by atomic mass is 9.72. The van der Waals surface area contributed by atoms with Crippen LogP contribution in [0.5, 0.6) is 0 Å². The van der Waals surface area contributed by atoms with Gasteiger partial charge < -0.3 is 5.11 Å². The normalized spacial score (nSPS) is 20.4. The van der Waals surface area contributed by atoms with E-state index in [1.807, 2.05) is 0 Å². The van der Waals surface area contributed by atoms with Gasteiger partial charge in [0.05, 0.1) is 6.10 Å². The van der Waals surface area contributed by atoms with E-state index in [0.717, 1.165) is 25.7 Å². The third-order valence-electron chi connectivity index (χ3n) is 5.38. The van der Waals surface area contributed by atoms with Gasteiger partial charge in [-0.05, 0) is 63.9 Å². The Labute approximate surface area is 162 Å². The largest absolute Gasteiger partial charge is 0.393 e. The van der Waals surface area contributed by atoms with Crippen LogP contribution in [0.2, 0.25) is 0 Å². The summed E-state index contributed by atoms with van der Waals surface area (Å²) in [6.07, 6.45) is 20.6. The summed E-state index contributed by atoms with van der Waals surface area (Å²) >= 11 is 0. The molecule has 26 heavy (non-hydrogen) atoms. The van der Waals surface area contributed by atoms with E-state index in [2.05, 4.69) is 78.0 Å². The molecule has 0 amide bonds. The van der Waals surface area contributed by atoms with Gasteiger partial charge in [0.1, 0.15) is 0 Å². The molecule has 0 bridgehead atoms. The maximum absolute atomic E-state index is 9.91. The fourth-order valence-corrected chi connectivity index (χ4v) is 3.58. The molecule has 0 aliphatic heterocycles. The number of hydrogen-bond donors (Lipinski definition) is 1. The average molecular weight is 357 g/mol. The molecule has 0 saturated carbocycles. The van der Waals surface area contributed by atoms with Crippen molar-refractivity contribution >= 4 is 0 Å². The number of aliphatic hydroxyl groups is 1. The molecule has 1 N–H and O–H groups in total. The summed E-state index contributed by atoms with van der Waals surface area (Å²) < 4.78 is 0. The van der Waals surface area contributed by atoms with Crippen LogP contribution in [0.1, 0.15) is 86.5 Å². The standard InChI is InChI=1S/C25H40O/c1-7-8-14-23(26)17-15-20(2)11-9-12-21(3)16-18-24-22(4)13-10-19-25(24,5)6/h9,11-12,15-16,18,23,26H,7-8,10,13-14,17,19H2,1-6H3. The van der Waals surface area contributed by atoms with Crippen molar-refractivity contribution in [2.45, 2.75) is 92.6 Å². The van der Waals surface area contributed by atoms with Gasteiger partial charge in [0.2, 0.25) is 0 Å². The molecule has 0 aromatic heterocycles. The molecule has 0 aromatic rings. The maximum atomic E-state index is 9.91. The number of aliphatic hydroxyl groups excluding tert-OH is 1. The van der Waals surface area contributed by atoms with E-state index in [-0.39, 0.29) is 6.10 Å². The van der Waals surface area contributed by atoms with Gasteiger partial charge in [-0.2, -0.15) is 0 Å². The van der Waals surface area contributed by atoms with Crippen molar-refractivity contribution in [1.82, 2.24) is 0 Å². The first-order valence-corrected chi connectivity index (χ1v) is 10.3. The van der Waals surface area contributed by atoms with E-state index in [1.54, 1.807) is 5.57 Å². The van der Waals surface area contributed by atoms with E-state index in [9.17, 15) is 5.11 Å². The minimum Gasteiger partial charge on any atom is -0.393 e. The van der Waals surface area contributed by atoms with E-state index >= 15 is 0 Å². The highest BCUT2D eigenvalue weighted by Gasteiger charge is 2.26. The van der Waals surface area contributed by atoms with Crippen molar-refractivity contribution in [2.75, 3.05) is 0 Å². The Hall–Kier alpha value is -1.34. The zero-order valence-electron chi connectivity index (χ0n) is 17.9. The predicted octanol–water partition coefficient (Wildman–Crippen LogP) is 7.46. The molecule has 0 aromatic carbocycles. The third kappa shape index (κ3) is 8.36. The molecule has 0 heterocycles. The SMILES string of the molecule is CCCCC(O)CC=C(C)C=CC=C(C)C=CC1=C(C)CCCC1(C)C. The van der Waals surface area contributed by atoms with Gasteiger partial charge in [-0.15, -0.1) is 0 Å². The Morgan fingerprint density at radius 2 is 1.92 bits per heavy atom. The highest BCUT2D eigenvalue weighted by atomic mass is 16.3. The maximum Gasteiger partial charge on any atom is 0.0574 e. The average Bonchev–Trinajstić information content (AvgIpc) is 2.57. The van der Waals surface area contributed by atoms with Crippen molar-refractivity contribution in [1.29, 1.82) is 0 Å². The smallest absolute Gasteiger partial charge is 0.0574 e. The van der Waals surface area contributed by atoms with Crippen LogP contribution < -0.4 is 0 Å². The monoisotopic (exact) mass is 356 g/mol. The summed E-state index contributed by atoms with van der Waals surface area (Å²) in [6, 6.07) is 0. The molecule has 1 nitrogen and oxygen atoms in total. The molecule has 1 aliphatic rings. The molecule has 1 rings (SSSR count). The van der Waals surface area contributed by atoms with Gasteiger partial charge in [-0.25, -0.2) is 0 Å². The molecule has 1 unspecified atom stereocenters. The number of rotatable bonds is 9. The van der Waals surface area contributed by atoms with Gasteiger partial charge in [0.25, 0.3) is 0 Å². The molecule has 1 heteroatoms. The first kappa shape index (κ1) is 22.7. The van der Waals surface area contributed by atoms with E-state index < -0.39 is 0 Å². The molecule has 0 saturated heterocycles. The van der Waals surface area contributed by atoms with Crippen LogP contribution in [0.15, 0.2) is 58.7 Å². The van der Waals surface area contributed by atoms with Crippen LogP contribution in [-0.4, -0.2) is 11.2 Å². The number of hydrogen-bond acceptors (Lipinski definition) is 1. The molecular formula is C25H40O. The van der Waals surface area contributed by atoms with Crippen LogP contribution in [0.4, 0.5) is 0 Å². The minimum atomic E-state index is -0.200. The highest BCUT2D eigenvalue weighted by molar-refractivity contribution is 5.37. The van der Waals surface area contributed by atoms with Crippen LogP contribution in [0, 0.1) is 5.41 Å². The van der Waals surface area contributed by atoms with E-state index in [0.29, 0.717) is 5.41 Å². The van der Waals surface area contributed by atoms with Crippen LogP contribution in [-0.2, 0) is 0 Å². The molecule has 1 atom stereocenters. The molecule has 0 fully saturated rings. The van der Waals surface area contributed by atoms with Crippen molar-refractivity contribution in [3.8, 4) is 0 Å². The quantitative estimate of drug-likeness (QED) is 0.425. The lowest BCUT2D eigenvalue weighted by Crippen LogP contribution is -2.19. The van der Waals surface area contributed by atoms with Crippen molar-refractivity contribution in [3.63, 3.8) is 0 Å². The molecule has 1 aliphatic carbocycles. The lowest BCUT2D eigenvalue weighted by molar-refractivity contribution is 0.164. The van der Waals surface area contributed by atoms with Crippen molar-refractivity contribution in [3.05, 3.63) is 58.7 Å². The summed E-state index contributed by atoms with van der Waals surface area (Å²) in [7, 11) is 0. The predicted molar refractivity (Wildman–Crippen MR) is 116 cm³/mol. The zero-order valence-corrected chi connectivity index (χ0v) is 17.9. The molecule has 146 valence electrons. The van der Waals surface area contributed by atoms with Gasteiger partial charge >= 0.3 is 0 Å². The van der Waals surface area contributed by atoms with Crippen LogP contribution in [0.25, 0.3) is 0 Å². The van der Waals surface area contributed by atoms with Crippen LogP contribution in [0.3, 0.4) is 0 Å². The zero-order chi connectivity index (χ0) is 19.6. The minimum absolute atomic E-state index is 0.200. The van der Waals surface area contributed by atoms with Crippen molar-refractivity contribution in [2.24, 2.45) is 5.41 Å². The fourth-order valence-electron chi connectivity index (χ4n) is 3.58. The van der Waals surface area contributed by atoms with Crippen molar-refractivity contribution < 1.29 is 5.11 Å². The Kier molecular flexibility index (Phi) is 9.94. The molecular weight excluding hydrogens is 316 g/mol. The third-order valence-corrected chi connectivity index (χ3v) is 5.38. The van der Waals surface area contributed by atoms with Gasteiger partial charge in [0, 0.05) is 0 Å². The topological polar surface area (TPSA) is 20.2 Å². The fraction of sp³-hybridized carbons (Fsp3) is 0.600. The Morgan fingerprint density at radius 1 is 1.19 bits per heavy atom. The van der Waals surface area contributed by atoms with Gasteiger partial charge in [-0.3, -0.25) is 0 Å². The second-order valence-electron chi connectivity index (χ2n) is 8.51. The summed E-state index contributed by atoms with van der Waals surface area (Å²) in [4.78, 5) is 0. The first-order chi connectivity index (χ1) is 12.3. The summed E-state index contributed by atoms with van der Waals surface area (Å²) in [5.41, 5.74) is 5.82. The number of unbranched alkanes of at least 4 members (excludes halogenated alkanes) is 1.